The van der Waals surface area contributed by atoms with Crippen LogP contribution >= 0.6 is 11.3 Å². The van der Waals surface area contributed by atoms with Crippen LogP contribution < -0.4 is 31.1 Å². The molecule has 11 rings (SSSR count). The number of thiophene rings is 1. The highest BCUT2D eigenvalue weighted by atomic mass is 32.1. The van der Waals surface area contributed by atoms with Gasteiger partial charge in [0.2, 0.25) is 0 Å². The van der Waals surface area contributed by atoms with Crippen molar-refractivity contribution in [3.63, 3.8) is 0 Å². The summed E-state index contributed by atoms with van der Waals surface area (Å²) in [5.74, 6) is 1.08. The highest BCUT2D eigenvalue weighted by molar-refractivity contribution is 7.26. The van der Waals surface area contributed by atoms with Crippen LogP contribution in [0.3, 0.4) is 0 Å². The molecule has 5 heteroatoms. The van der Waals surface area contributed by atoms with Gasteiger partial charge in [0.15, 0.2) is 0 Å². The molecule has 0 radical (unpaired) electrons. The zero-order valence-electron chi connectivity index (χ0n) is 46.2. The minimum absolute atomic E-state index is 0.00599. The van der Waals surface area contributed by atoms with Crippen molar-refractivity contribution < 1.29 is 0 Å². The van der Waals surface area contributed by atoms with Crippen molar-refractivity contribution in [2.75, 3.05) is 14.7 Å². The number of nitrogens with zero attached hydrogens (tertiary/aromatic N) is 3. The number of anilines is 9. The minimum atomic E-state index is -0.00599. The maximum absolute atomic E-state index is 2.72. The Morgan fingerprint density at radius 2 is 1.08 bits per heavy atom. The highest BCUT2D eigenvalue weighted by Gasteiger charge is 2.46. The molecule has 384 valence electrons. The van der Waals surface area contributed by atoms with Gasteiger partial charge >= 0.3 is 0 Å². The molecule has 0 saturated carbocycles. The first-order valence-corrected chi connectivity index (χ1v) is 29.8. The fourth-order valence-electron chi connectivity index (χ4n) is 12.7. The summed E-state index contributed by atoms with van der Waals surface area (Å²) < 4.78 is 1.35. The number of para-hydroxylation sites is 2. The Labute approximate surface area is 459 Å². The third-order valence-electron chi connectivity index (χ3n) is 16.7. The Balaban J connectivity index is 1.26. The van der Waals surface area contributed by atoms with Gasteiger partial charge in [-0.2, -0.15) is 0 Å². The molecule has 2 atom stereocenters. The topological polar surface area (TPSA) is 9.72 Å². The minimum Gasteiger partial charge on any atom is -0.311 e. The molecule has 0 bridgehead atoms. The fraction of sp³-hybridized carbons (Fsp3) is 0.296. The molecule has 2 unspecified atom stereocenters. The summed E-state index contributed by atoms with van der Waals surface area (Å²) in [4.78, 5) is 7.80. The lowest BCUT2D eigenvalue weighted by Crippen LogP contribution is -2.61. The van der Waals surface area contributed by atoms with Crippen molar-refractivity contribution in [2.45, 2.75) is 137 Å². The van der Waals surface area contributed by atoms with E-state index < -0.39 is 0 Å². The van der Waals surface area contributed by atoms with Crippen LogP contribution in [0.25, 0.3) is 21.2 Å². The van der Waals surface area contributed by atoms with Crippen LogP contribution in [0.15, 0.2) is 176 Å². The average Bonchev–Trinajstić information content (AvgIpc) is 3.87. The molecule has 76 heavy (non-hydrogen) atoms. The van der Waals surface area contributed by atoms with Crippen LogP contribution in [0.5, 0.6) is 0 Å². The van der Waals surface area contributed by atoms with Crippen LogP contribution in [-0.2, 0) is 12.8 Å². The number of benzene rings is 8. The van der Waals surface area contributed by atoms with Gasteiger partial charge in [-0.1, -0.05) is 176 Å². The second kappa shape index (κ2) is 22.8. The lowest BCUT2D eigenvalue weighted by atomic mass is 9.33. The van der Waals surface area contributed by atoms with Crippen molar-refractivity contribution in [2.24, 2.45) is 0 Å². The monoisotopic (exact) mass is 1010 g/mol. The van der Waals surface area contributed by atoms with Gasteiger partial charge in [-0.3, -0.25) is 0 Å². The van der Waals surface area contributed by atoms with E-state index in [2.05, 4.69) is 239 Å². The molecule has 1 aromatic heterocycles. The standard InChI is InChI=1S/C71H76BN3S/c1-8-14-24-50-31-39-59(40-32-50)74-65-41-30-49(7)44-63(65)72-69-62-46-56(53(13-6)23-11-4)38-43-68(62)76-71(69)75(64-42-33-51(25-15-9-2)45-61(64)55-36-34-54(35-37-55)52(12-5)22-10-3)67-48-60(47-66(74)70(67)72)73(57-26-18-16-19-27-57)58-28-20-17-21-29-58/h16-21,26-48,52-53H,8-15,22-25H2,1-7H3. The molecule has 0 N–H and O–H groups in total. The number of hydrogen-bond donors (Lipinski definition) is 0. The van der Waals surface area contributed by atoms with E-state index in [0.717, 1.165) is 55.6 Å². The first kappa shape index (κ1) is 51.3. The lowest BCUT2D eigenvalue weighted by Gasteiger charge is -2.44. The maximum Gasteiger partial charge on any atom is 0.254 e. The van der Waals surface area contributed by atoms with E-state index in [4.69, 9.17) is 0 Å². The number of rotatable bonds is 20. The van der Waals surface area contributed by atoms with Crippen molar-refractivity contribution in [3.8, 4) is 11.1 Å². The van der Waals surface area contributed by atoms with E-state index in [1.807, 2.05) is 11.3 Å². The van der Waals surface area contributed by atoms with Gasteiger partial charge < -0.3 is 14.7 Å². The predicted molar refractivity (Wildman–Crippen MR) is 334 cm³/mol. The summed E-state index contributed by atoms with van der Waals surface area (Å²) in [6.45, 7) is 16.3. The largest absolute Gasteiger partial charge is 0.311 e. The molecule has 0 saturated heterocycles. The summed E-state index contributed by atoms with van der Waals surface area (Å²) in [5, 5.41) is 2.71. The van der Waals surface area contributed by atoms with E-state index >= 15 is 0 Å². The molecule has 3 nitrogen and oxygen atoms in total. The SMILES string of the molecule is CCCCc1ccc(N2c3ccc(C)cc3B3c4c2cc(N(c2ccccc2)c2ccccc2)cc4N(c2ccc(CCCC)cc2-c2ccc(C(CC)CCC)cc2)c2sc4ccc(C(CC)CCC)cc4c23)cc1. The Hall–Kier alpha value is -6.82. The van der Waals surface area contributed by atoms with Gasteiger partial charge in [-0.25, -0.2) is 0 Å². The summed E-state index contributed by atoms with van der Waals surface area (Å²) in [6, 6.07) is 68.6. The molecule has 0 amide bonds. The molecule has 0 aliphatic carbocycles. The molecule has 9 aromatic rings. The summed E-state index contributed by atoms with van der Waals surface area (Å²) >= 11 is 1.98. The zero-order valence-corrected chi connectivity index (χ0v) is 47.0. The van der Waals surface area contributed by atoms with Crippen LogP contribution in [0.1, 0.15) is 145 Å². The molecular weight excluding hydrogens is 938 g/mol. The van der Waals surface area contributed by atoms with E-state index in [0.29, 0.717) is 11.8 Å². The van der Waals surface area contributed by atoms with E-state index in [9.17, 15) is 0 Å². The quantitative estimate of drug-likeness (QED) is 0.0705. The van der Waals surface area contributed by atoms with Crippen LogP contribution in [0, 0.1) is 6.92 Å². The van der Waals surface area contributed by atoms with Crippen molar-refractivity contribution in [1.82, 2.24) is 0 Å². The predicted octanol–water partition coefficient (Wildman–Crippen LogP) is 19.7. The zero-order chi connectivity index (χ0) is 52.3. The van der Waals surface area contributed by atoms with Crippen LogP contribution in [0.4, 0.5) is 50.5 Å². The highest BCUT2D eigenvalue weighted by Crippen LogP contribution is 2.52. The molecule has 8 aromatic carbocycles. The van der Waals surface area contributed by atoms with Crippen LogP contribution in [-0.4, -0.2) is 6.71 Å². The van der Waals surface area contributed by atoms with E-state index in [1.165, 1.54) is 137 Å². The summed E-state index contributed by atoms with van der Waals surface area (Å²) in [7, 11) is 0. The van der Waals surface area contributed by atoms with Gasteiger partial charge in [0.05, 0.1) is 16.4 Å². The first-order valence-electron chi connectivity index (χ1n) is 29.0. The number of unbranched alkanes of at least 4 members (excludes halogenated alkanes) is 2. The molecule has 0 spiro atoms. The van der Waals surface area contributed by atoms with E-state index in [-0.39, 0.29) is 6.71 Å². The Bertz CT molecular complexity index is 3390. The van der Waals surface area contributed by atoms with Gasteiger partial charge in [-0.05, 0) is 193 Å². The Kier molecular flexibility index (Phi) is 15.4. The molecule has 0 fully saturated rings. The smallest absolute Gasteiger partial charge is 0.254 e. The van der Waals surface area contributed by atoms with Crippen molar-refractivity contribution >= 4 is 95.0 Å². The summed E-state index contributed by atoms with van der Waals surface area (Å²) in [5.41, 5.74) is 23.2. The third kappa shape index (κ3) is 9.70. The fourth-order valence-corrected chi connectivity index (χ4v) is 14.0. The van der Waals surface area contributed by atoms with Gasteiger partial charge in [-0.15, -0.1) is 11.3 Å². The molecule has 3 heterocycles. The lowest BCUT2D eigenvalue weighted by molar-refractivity contribution is 0.596. The second-order valence-corrected chi connectivity index (χ2v) is 22.8. The number of fused-ring (bicyclic) bond motifs is 6. The maximum atomic E-state index is 2.72. The van der Waals surface area contributed by atoms with Crippen LogP contribution in [0.2, 0.25) is 0 Å². The normalized spacial score (nSPS) is 13.4. The third-order valence-corrected chi connectivity index (χ3v) is 17.9. The first-order chi connectivity index (χ1) is 37.4. The van der Waals surface area contributed by atoms with Gasteiger partial charge in [0.1, 0.15) is 0 Å². The number of aryl methyl sites for hydroxylation is 3. The Morgan fingerprint density at radius 1 is 0.487 bits per heavy atom. The molecule has 2 aliphatic heterocycles. The van der Waals surface area contributed by atoms with Gasteiger partial charge in [0, 0.05) is 44.4 Å². The summed E-state index contributed by atoms with van der Waals surface area (Å²) in [6.07, 6.45) is 13.9. The Morgan fingerprint density at radius 3 is 1.71 bits per heavy atom. The molecular formula is C71H76BN3S. The van der Waals surface area contributed by atoms with Crippen molar-refractivity contribution in [1.29, 1.82) is 0 Å². The number of hydrogen-bond acceptors (Lipinski definition) is 4. The second-order valence-electron chi connectivity index (χ2n) is 21.8. The van der Waals surface area contributed by atoms with E-state index in [1.54, 1.807) is 0 Å². The van der Waals surface area contributed by atoms with Crippen molar-refractivity contribution in [3.05, 3.63) is 204 Å². The average molecular weight is 1010 g/mol. The molecule has 2 aliphatic rings. The van der Waals surface area contributed by atoms with Gasteiger partial charge in [0.25, 0.3) is 6.71 Å².